The minimum Gasteiger partial charge on any atom is -0.481 e. The third-order valence-corrected chi connectivity index (χ3v) is 12.8. The van der Waals surface area contributed by atoms with Crippen LogP contribution in [-0.2, 0) is 19.2 Å². The SMILES string of the molecule is CC(C)C1CCCCC1N.CC(C)C1CCCCC1N.CC(C)C1CCCCC1N.CC(C)C1CCCCC1N.O=C(O)CC(C(=O)O)C(CC(=O)O)C(=O)O. The molecule has 12 nitrogen and oxygen atoms in total. The van der Waals surface area contributed by atoms with Crippen molar-refractivity contribution in [2.45, 2.75) is 195 Å². The van der Waals surface area contributed by atoms with E-state index >= 15 is 0 Å². The van der Waals surface area contributed by atoms with E-state index in [4.69, 9.17) is 43.4 Å². The van der Waals surface area contributed by atoms with Crippen molar-refractivity contribution >= 4 is 23.9 Å². The summed E-state index contributed by atoms with van der Waals surface area (Å²) < 4.78 is 0. The zero-order valence-corrected chi connectivity index (χ0v) is 36.5. The normalized spacial score (nSPS) is 28.8. The fourth-order valence-corrected chi connectivity index (χ4v) is 9.24. The van der Waals surface area contributed by atoms with Crippen LogP contribution >= 0.6 is 0 Å². The molecule has 0 saturated heterocycles. The molecule has 4 rings (SSSR count). The molecule has 0 bridgehead atoms. The molecule has 330 valence electrons. The number of carbonyl (C=O) groups is 4. The zero-order chi connectivity index (χ0) is 43.1. The predicted octanol–water partition coefficient (Wildman–Crippen LogP) is 7.98. The van der Waals surface area contributed by atoms with Crippen LogP contribution in [0.3, 0.4) is 0 Å². The van der Waals surface area contributed by atoms with Crippen LogP contribution in [0.4, 0.5) is 0 Å². The van der Waals surface area contributed by atoms with E-state index in [9.17, 15) is 19.2 Å². The van der Waals surface area contributed by atoms with Gasteiger partial charge >= 0.3 is 23.9 Å². The van der Waals surface area contributed by atoms with Crippen LogP contribution in [0.2, 0.25) is 0 Å². The Labute approximate surface area is 340 Å². The Hall–Kier alpha value is -2.28. The van der Waals surface area contributed by atoms with Gasteiger partial charge in [0.25, 0.3) is 0 Å². The fourth-order valence-electron chi connectivity index (χ4n) is 9.24. The van der Waals surface area contributed by atoms with Crippen LogP contribution in [-0.4, -0.2) is 68.5 Å². The summed E-state index contributed by atoms with van der Waals surface area (Å²) in [4.78, 5) is 41.9. The topological polar surface area (TPSA) is 253 Å². The van der Waals surface area contributed by atoms with Crippen molar-refractivity contribution in [1.29, 1.82) is 0 Å². The van der Waals surface area contributed by atoms with Crippen LogP contribution < -0.4 is 22.9 Å². The number of aliphatic carboxylic acids is 4. The Balaban J connectivity index is 0.000000685. The summed E-state index contributed by atoms with van der Waals surface area (Å²) in [6.07, 6.45) is 19.6. The Morgan fingerprint density at radius 3 is 0.679 bits per heavy atom. The molecule has 4 aliphatic carbocycles. The Morgan fingerprint density at radius 1 is 0.393 bits per heavy atom. The molecule has 4 aliphatic rings. The lowest BCUT2D eigenvalue weighted by atomic mass is 9.78. The lowest BCUT2D eigenvalue weighted by Crippen LogP contribution is -2.35. The van der Waals surface area contributed by atoms with Gasteiger partial charge in [0.05, 0.1) is 24.7 Å². The molecule has 0 radical (unpaired) electrons. The van der Waals surface area contributed by atoms with Gasteiger partial charge in [0, 0.05) is 24.2 Å². The van der Waals surface area contributed by atoms with E-state index in [1.165, 1.54) is 103 Å². The zero-order valence-electron chi connectivity index (χ0n) is 36.5. The minimum atomic E-state index is -1.76. The summed E-state index contributed by atoms with van der Waals surface area (Å²) in [7, 11) is 0. The fraction of sp³-hybridized carbons (Fsp3) is 0.909. The van der Waals surface area contributed by atoms with Gasteiger partial charge < -0.3 is 43.4 Å². The van der Waals surface area contributed by atoms with Gasteiger partial charge in [0.2, 0.25) is 0 Å². The van der Waals surface area contributed by atoms with Crippen LogP contribution in [0.1, 0.15) is 171 Å². The van der Waals surface area contributed by atoms with Crippen LogP contribution in [0.15, 0.2) is 0 Å². The molecule has 10 atom stereocenters. The molecule has 12 N–H and O–H groups in total. The maximum atomic E-state index is 10.6. The maximum absolute atomic E-state index is 10.6. The largest absolute Gasteiger partial charge is 0.481 e. The first kappa shape index (κ1) is 53.7. The molecular formula is C44H86N4O8. The van der Waals surface area contributed by atoms with E-state index in [0.29, 0.717) is 24.2 Å². The quantitative estimate of drug-likeness (QED) is 0.0990. The van der Waals surface area contributed by atoms with E-state index in [-0.39, 0.29) is 0 Å². The van der Waals surface area contributed by atoms with Gasteiger partial charge in [0.1, 0.15) is 0 Å². The molecule has 0 spiro atoms. The molecule has 0 amide bonds. The first-order valence-electron chi connectivity index (χ1n) is 22.0. The second kappa shape index (κ2) is 29.0. The van der Waals surface area contributed by atoms with Gasteiger partial charge in [-0.1, -0.05) is 107 Å². The highest BCUT2D eigenvalue weighted by Crippen LogP contribution is 2.31. The minimum absolute atomic E-state index is 0.494. The second-order valence-corrected chi connectivity index (χ2v) is 18.5. The number of nitrogens with two attached hydrogens (primary N) is 4. The summed E-state index contributed by atoms with van der Waals surface area (Å²) in [5.41, 5.74) is 23.9. The van der Waals surface area contributed by atoms with E-state index < -0.39 is 48.6 Å². The molecular weight excluding hydrogens is 713 g/mol. The molecule has 0 heterocycles. The lowest BCUT2D eigenvalue weighted by Gasteiger charge is -2.31. The highest BCUT2D eigenvalue weighted by molar-refractivity contribution is 5.86. The van der Waals surface area contributed by atoms with E-state index in [2.05, 4.69) is 55.4 Å². The molecule has 12 heteroatoms. The van der Waals surface area contributed by atoms with Crippen LogP contribution in [0, 0.1) is 59.2 Å². The molecule has 56 heavy (non-hydrogen) atoms. The highest BCUT2D eigenvalue weighted by Gasteiger charge is 2.37. The van der Waals surface area contributed by atoms with E-state index in [1.54, 1.807) is 0 Å². The number of carboxylic acid groups (broad SMARTS) is 4. The number of rotatable bonds is 11. The molecule has 0 aromatic heterocycles. The summed E-state index contributed by atoms with van der Waals surface area (Å²) in [5.74, 6) is -3.45. The lowest BCUT2D eigenvalue weighted by molar-refractivity contribution is -0.160. The average Bonchev–Trinajstić information content (AvgIpc) is 3.11. The number of hydrogen-bond acceptors (Lipinski definition) is 8. The van der Waals surface area contributed by atoms with E-state index in [0.717, 1.165) is 47.3 Å². The first-order valence-corrected chi connectivity index (χ1v) is 22.0. The standard InChI is InChI=1S/4C9H19N.C8H10O8/c4*1-7(2)8-5-3-4-6-9(8)10;9-5(10)1-3(7(13)14)4(8(15)16)2-6(11)12/h4*7-9H,3-6,10H2,1-2H3;3-4H,1-2H2,(H,9,10)(H,11,12)(H,13,14)(H,15,16). The van der Waals surface area contributed by atoms with Gasteiger partial charge in [-0.05, 0) is 98.7 Å². The van der Waals surface area contributed by atoms with E-state index in [1.807, 2.05) is 0 Å². The third-order valence-electron chi connectivity index (χ3n) is 12.8. The van der Waals surface area contributed by atoms with Gasteiger partial charge in [-0.25, -0.2) is 0 Å². The summed E-state index contributed by atoms with van der Waals surface area (Å²) in [6, 6.07) is 1.98. The Kier molecular flexibility index (Phi) is 27.8. The van der Waals surface area contributed by atoms with Crippen molar-refractivity contribution in [3.63, 3.8) is 0 Å². The molecule has 0 aliphatic heterocycles. The van der Waals surface area contributed by atoms with Gasteiger partial charge in [-0.15, -0.1) is 0 Å². The van der Waals surface area contributed by atoms with Gasteiger partial charge in [0.15, 0.2) is 0 Å². The molecule has 0 aromatic rings. The molecule has 0 aromatic carbocycles. The maximum Gasteiger partial charge on any atom is 0.307 e. The van der Waals surface area contributed by atoms with Crippen molar-refractivity contribution in [2.24, 2.45) is 82.1 Å². The van der Waals surface area contributed by atoms with Gasteiger partial charge in [-0.2, -0.15) is 0 Å². The molecule has 4 fully saturated rings. The third kappa shape index (κ3) is 22.0. The smallest absolute Gasteiger partial charge is 0.307 e. The van der Waals surface area contributed by atoms with Crippen molar-refractivity contribution in [3.8, 4) is 0 Å². The number of carboxylic acids is 4. The van der Waals surface area contributed by atoms with Crippen LogP contribution in [0.25, 0.3) is 0 Å². The highest BCUT2D eigenvalue weighted by atomic mass is 16.4. The van der Waals surface area contributed by atoms with Crippen LogP contribution in [0.5, 0.6) is 0 Å². The van der Waals surface area contributed by atoms with Crippen molar-refractivity contribution in [3.05, 3.63) is 0 Å². The van der Waals surface area contributed by atoms with Crippen molar-refractivity contribution in [2.75, 3.05) is 0 Å². The van der Waals surface area contributed by atoms with Crippen molar-refractivity contribution in [1.82, 2.24) is 0 Å². The summed E-state index contributed by atoms with van der Waals surface area (Å²) >= 11 is 0. The molecule has 4 saturated carbocycles. The van der Waals surface area contributed by atoms with Gasteiger partial charge in [-0.3, -0.25) is 19.2 Å². The Bertz CT molecular complexity index is 967. The second-order valence-electron chi connectivity index (χ2n) is 18.5. The monoisotopic (exact) mass is 799 g/mol. The summed E-state index contributed by atoms with van der Waals surface area (Å²) in [6.45, 7) is 18.3. The average molecular weight is 799 g/mol. The first-order chi connectivity index (χ1) is 26.1. The molecule has 10 unspecified atom stereocenters. The van der Waals surface area contributed by atoms with Crippen molar-refractivity contribution < 1.29 is 39.6 Å². The Morgan fingerprint density at radius 2 is 0.571 bits per heavy atom. The number of hydrogen-bond donors (Lipinski definition) is 8. The predicted molar refractivity (Wildman–Crippen MR) is 226 cm³/mol. The summed E-state index contributed by atoms with van der Waals surface area (Å²) in [5, 5.41) is 34.1.